The standard InChI is InChI=1S/C21H16Cl2F4N4O3/c22-14-9-16-18(32)28-10-12(31(16)17(14)23)7-11-1-2-15(24)13(8-11)19(33)29-3-5-30(6-4-29)20(34)21(25,26)27/h1-2,8-10H,3-7H2,(H,28,32). The van der Waals surface area contributed by atoms with Crippen LogP contribution in [0.15, 0.2) is 35.3 Å². The van der Waals surface area contributed by atoms with Crippen molar-refractivity contribution in [3.8, 4) is 0 Å². The van der Waals surface area contributed by atoms with Gasteiger partial charge >= 0.3 is 12.1 Å². The molecule has 1 aliphatic rings. The summed E-state index contributed by atoms with van der Waals surface area (Å²) in [5, 5.41) is 0.306. The van der Waals surface area contributed by atoms with Crippen LogP contribution in [0.4, 0.5) is 17.6 Å². The van der Waals surface area contributed by atoms with Crippen LogP contribution in [0.25, 0.3) is 5.52 Å². The van der Waals surface area contributed by atoms with E-state index in [0.29, 0.717) is 16.2 Å². The smallest absolute Gasteiger partial charge is 0.335 e. The predicted octanol–water partition coefficient (Wildman–Crippen LogP) is 3.51. The lowest BCUT2D eigenvalue weighted by Gasteiger charge is -2.35. The Hall–Kier alpha value is -3.05. The third-order valence-corrected chi connectivity index (χ3v) is 6.29. The first-order valence-corrected chi connectivity index (χ1v) is 10.7. The molecule has 7 nitrogen and oxygen atoms in total. The fraction of sp³-hybridized carbons (Fsp3) is 0.286. The van der Waals surface area contributed by atoms with E-state index >= 15 is 0 Å². The van der Waals surface area contributed by atoms with Crippen LogP contribution in [0.2, 0.25) is 10.2 Å². The minimum Gasteiger partial charge on any atom is -0.335 e. The number of halogens is 6. The molecule has 1 aromatic carbocycles. The fourth-order valence-corrected chi connectivity index (χ4v) is 4.28. The molecule has 180 valence electrons. The van der Waals surface area contributed by atoms with Crippen molar-refractivity contribution in [2.45, 2.75) is 12.6 Å². The van der Waals surface area contributed by atoms with Crippen LogP contribution in [0.5, 0.6) is 0 Å². The van der Waals surface area contributed by atoms with E-state index in [1.807, 2.05) is 0 Å². The molecular formula is C21H16Cl2F4N4O3. The molecule has 3 aromatic rings. The number of nitrogens with zero attached hydrogens (tertiary/aromatic N) is 3. The van der Waals surface area contributed by atoms with Crippen LogP contribution in [-0.2, 0) is 11.2 Å². The number of carbonyl (C=O) groups excluding carboxylic acids is 2. The van der Waals surface area contributed by atoms with Crippen molar-refractivity contribution in [3.05, 3.63) is 73.6 Å². The summed E-state index contributed by atoms with van der Waals surface area (Å²) in [5.41, 5.74) is 0.596. The van der Waals surface area contributed by atoms with E-state index in [9.17, 15) is 31.9 Å². The van der Waals surface area contributed by atoms with Crippen LogP contribution in [0.1, 0.15) is 21.6 Å². The first kappa shape index (κ1) is 24.1. The first-order valence-electron chi connectivity index (χ1n) is 9.98. The Bertz CT molecular complexity index is 1340. The van der Waals surface area contributed by atoms with Gasteiger partial charge in [-0.3, -0.25) is 18.8 Å². The molecule has 2 amide bonds. The second-order valence-corrected chi connectivity index (χ2v) is 8.45. The van der Waals surface area contributed by atoms with Gasteiger partial charge in [-0.05, 0) is 23.8 Å². The van der Waals surface area contributed by atoms with Crippen LogP contribution >= 0.6 is 23.2 Å². The number of H-pyrrole nitrogens is 1. The summed E-state index contributed by atoms with van der Waals surface area (Å²) in [4.78, 5) is 40.7. The zero-order valence-corrected chi connectivity index (χ0v) is 18.8. The number of hydrogen-bond donors (Lipinski definition) is 1. The maximum absolute atomic E-state index is 14.5. The summed E-state index contributed by atoms with van der Waals surface area (Å²) in [6.07, 6.45) is -3.40. The Morgan fingerprint density at radius 3 is 2.32 bits per heavy atom. The lowest BCUT2D eigenvalue weighted by atomic mass is 10.0. The van der Waals surface area contributed by atoms with Crippen molar-refractivity contribution in [3.63, 3.8) is 0 Å². The molecule has 0 atom stereocenters. The number of aromatic nitrogens is 2. The van der Waals surface area contributed by atoms with Gasteiger partial charge in [-0.2, -0.15) is 13.2 Å². The highest BCUT2D eigenvalue weighted by Crippen LogP contribution is 2.27. The summed E-state index contributed by atoms with van der Waals surface area (Å²) in [6.45, 7) is -0.952. The van der Waals surface area contributed by atoms with Gasteiger partial charge in [0.1, 0.15) is 16.5 Å². The van der Waals surface area contributed by atoms with Crippen LogP contribution in [-0.4, -0.2) is 63.4 Å². The van der Waals surface area contributed by atoms with E-state index in [1.165, 1.54) is 33.7 Å². The molecule has 0 radical (unpaired) electrons. The molecule has 13 heteroatoms. The lowest BCUT2D eigenvalue weighted by Crippen LogP contribution is -2.53. The van der Waals surface area contributed by atoms with Crippen LogP contribution in [0.3, 0.4) is 0 Å². The number of amides is 2. The van der Waals surface area contributed by atoms with Gasteiger partial charge in [-0.1, -0.05) is 29.3 Å². The average Bonchev–Trinajstić information content (AvgIpc) is 3.11. The van der Waals surface area contributed by atoms with E-state index < -0.39 is 29.4 Å². The topological polar surface area (TPSA) is 77.9 Å². The fourth-order valence-electron chi connectivity index (χ4n) is 3.84. The molecule has 1 aliphatic heterocycles. The Kier molecular flexibility index (Phi) is 6.34. The molecule has 0 spiro atoms. The molecule has 3 heterocycles. The summed E-state index contributed by atoms with van der Waals surface area (Å²) in [7, 11) is 0. The average molecular weight is 519 g/mol. The Morgan fingerprint density at radius 1 is 1.03 bits per heavy atom. The number of carbonyl (C=O) groups is 2. The van der Waals surface area contributed by atoms with Gasteiger partial charge in [0.25, 0.3) is 11.5 Å². The Morgan fingerprint density at radius 2 is 1.68 bits per heavy atom. The monoisotopic (exact) mass is 518 g/mol. The van der Waals surface area contributed by atoms with Crippen molar-refractivity contribution in [1.82, 2.24) is 19.2 Å². The van der Waals surface area contributed by atoms with Gasteiger partial charge in [0, 0.05) is 44.5 Å². The van der Waals surface area contributed by atoms with Crippen molar-refractivity contribution in [2.24, 2.45) is 0 Å². The van der Waals surface area contributed by atoms with Crippen LogP contribution in [0, 0.1) is 5.82 Å². The SMILES string of the molecule is O=C(c1cc(Cc2c[nH]c(=O)c3cc(Cl)c(Cl)n23)ccc1F)N1CCN(C(=O)C(F)(F)F)CC1. The van der Waals surface area contributed by atoms with E-state index in [0.717, 1.165) is 6.07 Å². The second kappa shape index (κ2) is 8.95. The number of benzene rings is 1. The van der Waals surface area contributed by atoms with E-state index in [1.54, 1.807) is 0 Å². The summed E-state index contributed by atoms with van der Waals surface area (Å²) < 4.78 is 53.8. The van der Waals surface area contributed by atoms with Gasteiger partial charge < -0.3 is 14.8 Å². The van der Waals surface area contributed by atoms with E-state index in [4.69, 9.17) is 23.2 Å². The minimum absolute atomic E-state index is 0.127. The van der Waals surface area contributed by atoms with E-state index in [2.05, 4.69) is 4.98 Å². The summed E-state index contributed by atoms with van der Waals surface area (Å²) >= 11 is 12.2. The summed E-state index contributed by atoms with van der Waals surface area (Å²) in [5.74, 6) is -3.47. The molecule has 2 aromatic heterocycles. The second-order valence-electron chi connectivity index (χ2n) is 7.69. The molecule has 4 rings (SSSR count). The van der Waals surface area contributed by atoms with E-state index in [-0.39, 0.29) is 53.9 Å². The maximum atomic E-state index is 14.5. The number of alkyl halides is 3. The highest BCUT2D eigenvalue weighted by molar-refractivity contribution is 6.42. The highest BCUT2D eigenvalue weighted by atomic mass is 35.5. The number of rotatable bonds is 3. The quantitative estimate of drug-likeness (QED) is 0.539. The van der Waals surface area contributed by atoms with Crippen LogP contribution < -0.4 is 5.56 Å². The molecule has 1 fully saturated rings. The molecular weight excluding hydrogens is 503 g/mol. The normalized spacial score (nSPS) is 14.6. The Balaban J connectivity index is 1.55. The number of aromatic amines is 1. The third kappa shape index (κ3) is 4.49. The van der Waals surface area contributed by atoms with Crippen molar-refractivity contribution >= 4 is 40.5 Å². The molecule has 0 unspecified atom stereocenters. The third-order valence-electron chi connectivity index (χ3n) is 5.53. The van der Waals surface area contributed by atoms with Crippen molar-refractivity contribution in [1.29, 1.82) is 0 Å². The molecule has 34 heavy (non-hydrogen) atoms. The highest BCUT2D eigenvalue weighted by Gasteiger charge is 2.43. The molecule has 0 bridgehead atoms. The van der Waals surface area contributed by atoms with Gasteiger partial charge in [-0.25, -0.2) is 4.39 Å². The number of piperazine rings is 1. The zero-order chi connectivity index (χ0) is 24.8. The number of fused-ring (bicyclic) bond motifs is 1. The first-order chi connectivity index (χ1) is 16.0. The lowest BCUT2D eigenvalue weighted by molar-refractivity contribution is -0.186. The molecule has 1 saturated heterocycles. The molecule has 1 N–H and O–H groups in total. The maximum Gasteiger partial charge on any atom is 0.471 e. The Labute approximate surface area is 199 Å². The van der Waals surface area contributed by atoms with Gasteiger partial charge in [0.15, 0.2) is 0 Å². The number of nitrogens with one attached hydrogen (secondary N) is 1. The summed E-state index contributed by atoms with van der Waals surface area (Å²) in [6, 6.07) is 5.32. The van der Waals surface area contributed by atoms with Crippen molar-refractivity contribution in [2.75, 3.05) is 26.2 Å². The van der Waals surface area contributed by atoms with Crippen molar-refractivity contribution < 1.29 is 27.2 Å². The van der Waals surface area contributed by atoms with Gasteiger partial charge in [-0.15, -0.1) is 0 Å². The largest absolute Gasteiger partial charge is 0.471 e. The molecule has 0 aliphatic carbocycles. The minimum atomic E-state index is -4.99. The zero-order valence-electron chi connectivity index (χ0n) is 17.3. The van der Waals surface area contributed by atoms with Gasteiger partial charge in [0.2, 0.25) is 0 Å². The predicted molar refractivity (Wildman–Crippen MR) is 116 cm³/mol. The van der Waals surface area contributed by atoms with Gasteiger partial charge in [0.05, 0.1) is 10.6 Å². The molecule has 0 saturated carbocycles. The number of hydrogen-bond acceptors (Lipinski definition) is 3.